The third-order valence-electron chi connectivity index (χ3n) is 8.88. The molecule has 10 heteroatoms. The highest BCUT2D eigenvalue weighted by Crippen LogP contribution is 2.33. The van der Waals surface area contributed by atoms with Crippen LogP contribution < -0.4 is 21.3 Å². The van der Waals surface area contributed by atoms with E-state index in [0.717, 1.165) is 82.8 Å². The summed E-state index contributed by atoms with van der Waals surface area (Å²) in [6.07, 6.45) is 24.0. The number of hydrogen-bond donors (Lipinski definition) is 5. The van der Waals surface area contributed by atoms with Crippen molar-refractivity contribution >= 4 is 35.4 Å². The minimum Gasteiger partial charge on any atom is -0.389 e. The summed E-state index contributed by atoms with van der Waals surface area (Å²) in [5, 5.41) is 22.5. The van der Waals surface area contributed by atoms with E-state index < -0.39 is 6.10 Å². The zero-order valence-corrected chi connectivity index (χ0v) is 28.0. The smallest absolute Gasteiger partial charge is 0.315 e. The monoisotopic (exact) mass is 644 g/mol. The number of fused-ring (bicyclic) bond motifs is 1. The molecule has 3 aliphatic rings. The molecule has 0 radical (unpaired) electrons. The second-order valence-corrected chi connectivity index (χ2v) is 13.9. The highest BCUT2D eigenvalue weighted by Gasteiger charge is 2.42. The van der Waals surface area contributed by atoms with Crippen molar-refractivity contribution in [1.29, 1.82) is 0 Å². The van der Waals surface area contributed by atoms with Crippen LogP contribution in [0.1, 0.15) is 103 Å². The molecule has 6 atom stereocenters. The Labute approximate surface area is 274 Å². The van der Waals surface area contributed by atoms with Crippen molar-refractivity contribution in [2.24, 2.45) is 11.8 Å². The van der Waals surface area contributed by atoms with Gasteiger partial charge in [0.25, 0.3) is 0 Å². The van der Waals surface area contributed by atoms with Crippen LogP contribution in [0.3, 0.4) is 0 Å². The quantitative estimate of drug-likeness (QED) is 0.0597. The van der Waals surface area contributed by atoms with Crippen molar-refractivity contribution in [3.05, 3.63) is 36.5 Å². The van der Waals surface area contributed by atoms with Crippen LogP contribution >= 0.6 is 11.8 Å². The van der Waals surface area contributed by atoms with E-state index in [1.54, 1.807) is 6.08 Å². The number of urea groups is 1. The highest BCUT2D eigenvalue weighted by molar-refractivity contribution is 8.00. The van der Waals surface area contributed by atoms with Gasteiger partial charge in [0.05, 0.1) is 18.2 Å². The van der Waals surface area contributed by atoms with E-state index in [-0.39, 0.29) is 47.5 Å². The van der Waals surface area contributed by atoms with Gasteiger partial charge in [-0.2, -0.15) is 11.8 Å². The maximum Gasteiger partial charge on any atom is 0.315 e. The summed E-state index contributed by atoms with van der Waals surface area (Å²) in [6, 6.07) is 0.422. The number of carbonyl (C=O) groups excluding carboxylic acids is 4. The van der Waals surface area contributed by atoms with Crippen LogP contribution in [-0.2, 0) is 14.4 Å². The maximum absolute atomic E-state index is 12.3. The van der Waals surface area contributed by atoms with Crippen LogP contribution in [0.4, 0.5) is 4.79 Å². The van der Waals surface area contributed by atoms with Gasteiger partial charge in [-0.15, -0.1) is 0 Å². The number of rotatable bonds is 23. The topological polar surface area (TPSA) is 137 Å². The van der Waals surface area contributed by atoms with Crippen molar-refractivity contribution < 1.29 is 24.3 Å². The van der Waals surface area contributed by atoms with E-state index in [0.29, 0.717) is 37.6 Å². The van der Waals surface area contributed by atoms with Gasteiger partial charge in [0.15, 0.2) is 5.78 Å². The van der Waals surface area contributed by atoms with Gasteiger partial charge in [-0.05, 0) is 63.9 Å². The Morgan fingerprint density at radius 2 is 1.73 bits per heavy atom. The fourth-order valence-corrected chi connectivity index (χ4v) is 7.70. The molecule has 4 amide bonds. The lowest BCUT2D eigenvalue weighted by Crippen LogP contribution is -2.36. The zero-order chi connectivity index (χ0) is 32.3. The summed E-state index contributed by atoms with van der Waals surface area (Å²) < 4.78 is 0. The van der Waals surface area contributed by atoms with Crippen molar-refractivity contribution in [3.8, 4) is 0 Å². The number of aliphatic hydroxyl groups is 1. The Morgan fingerprint density at radius 3 is 2.49 bits per heavy atom. The van der Waals surface area contributed by atoms with Gasteiger partial charge in [0, 0.05) is 48.8 Å². The summed E-state index contributed by atoms with van der Waals surface area (Å²) in [7, 11) is 0. The first kappa shape index (κ1) is 36.9. The van der Waals surface area contributed by atoms with Gasteiger partial charge in [-0.3, -0.25) is 14.4 Å². The van der Waals surface area contributed by atoms with Crippen LogP contribution in [0.25, 0.3) is 0 Å². The Hall–Kier alpha value is -2.59. The number of unbranched alkanes of at least 4 members (excludes halogenated alkanes) is 6. The summed E-state index contributed by atoms with van der Waals surface area (Å²) in [6.45, 7) is 3.46. The summed E-state index contributed by atoms with van der Waals surface area (Å²) in [5.41, 5.74) is 0. The van der Waals surface area contributed by atoms with E-state index in [9.17, 15) is 24.3 Å². The molecule has 0 spiro atoms. The molecule has 9 nitrogen and oxygen atoms in total. The molecule has 3 rings (SSSR count). The molecule has 0 aromatic heterocycles. The van der Waals surface area contributed by atoms with Gasteiger partial charge in [0.1, 0.15) is 0 Å². The predicted octanol–water partition coefficient (Wildman–Crippen LogP) is 5.10. The molecule has 0 bridgehead atoms. The number of allylic oxidation sites excluding steroid dienone is 5. The Bertz CT molecular complexity index is 1030. The number of aliphatic hydroxyl groups excluding tert-OH is 1. The molecule has 0 saturated carbocycles. The normalized spacial score (nSPS) is 24.7. The molecule has 2 heterocycles. The number of nitrogens with one attached hydrogen (secondary N) is 4. The molecule has 0 aromatic rings. The molecule has 252 valence electrons. The van der Waals surface area contributed by atoms with E-state index in [1.165, 1.54) is 0 Å². The van der Waals surface area contributed by atoms with Gasteiger partial charge < -0.3 is 26.4 Å². The number of ketones is 1. The SMILES string of the molecule is CCCCC[C@H](O)/C=C/[C@H]1C=CC(=O)[C@H]1C/C=C\CCCC(=O)NCCCCCNC(=O)CCCC[C@H]1SC[C@@H]2NC(=O)N[C@@H]21. The van der Waals surface area contributed by atoms with Gasteiger partial charge in [-0.25, -0.2) is 4.79 Å². The van der Waals surface area contributed by atoms with Crippen LogP contribution in [-0.4, -0.2) is 71.0 Å². The van der Waals surface area contributed by atoms with Gasteiger partial charge in [0.2, 0.25) is 11.8 Å². The lowest BCUT2D eigenvalue weighted by atomic mass is 9.90. The molecule has 0 unspecified atom stereocenters. The van der Waals surface area contributed by atoms with Crippen LogP contribution in [0, 0.1) is 11.8 Å². The van der Waals surface area contributed by atoms with Crippen molar-refractivity contribution in [2.45, 2.75) is 127 Å². The third kappa shape index (κ3) is 14.2. The number of hydrogen-bond acceptors (Lipinski definition) is 6. The molecule has 45 heavy (non-hydrogen) atoms. The molecular weight excluding hydrogens is 588 g/mol. The Morgan fingerprint density at radius 1 is 0.978 bits per heavy atom. The van der Waals surface area contributed by atoms with Crippen molar-refractivity contribution in [1.82, 2.24) is 21.3 Å². The van der Waals surface area contributed by atoms with Gasteiger partial charge in [-0.1, -0.05) is 63.0 Å². The van der Waals surface area contributed by atoms with Crippen molar-refractivity contribution in [2.75, 3.05) is 18.8 Å². The van der Waals surface area contributed by atoms with E-state index in [2.05, 4.69) is 34.3 Å². The minimum absolute atomic E-state index is 0.0344. The largest absolute Gasteiger partial charge is 0.389 e. The lowest BCUT2D eigenvalue weighted by molar-refractivity contribution is -0.121. The van der Waals surface area contributed by atoms with Crippen LogP contribution in [0.5, 0.6) is 0 Å². The second-order valence-electron chi connectivity index (χ2n) is 12.6. The molecule has 2 saturated heterocycles. The molecule has 2 aliphatic heterocycles. The summed E-state index contributed by atoms with van der Waals surface area (Å²) in [5.74, 6) is 1.19. The zero-order valence-electron chi connectivity index (χ0n) is 27.1. The fraction of sp³-hybridized carbons (Fsp3) is 0.714. The number of thioether (sulfide) groups is 1. The molecule has 2 fully saturated rings. The van der Waals surface area contributed by atoms with E-state index in [4.69, 9.17) is 0 Å². The first-order chi connectivity index (χ1) is 21.9. The highest BCUT2D eigenvalue weighted by atomic mass is 32.2. The summed E-state index contributed by atoms with van der Waals surface area (Å²) in [4.78, 5) is 48.0. The lowest BCUT2D eigenvalue weighted by Gasteiger charge is -2.16. The van der Waals surface area contributed by atoms with E-state index in [1.807, 2.05) is 36.1 Å². The summed E-state index contributed by atoms with van der Waals surface area (Å²) >= 11 is 1.91. The van der Waals surface area contributed by atoms with Crippen LogP contribution in [0.2, 0.25) is 0 Å². The minimum atomic E-state index is -0.449. The molecule has 5 N–H and O–H groups in total. The van der Waals surface area contributed by atoms with Crippen molar-refractivity contribution in [3.63, 3.8) is 0 Å². The average Bonchev–Trinajstić information content (AvgIpc) is 3.69. The second kappa shape index (κ2) is 21.3. The Kier molecular flexibility index (Phi) is 17.4. The first-order valence-electron chi connectivity index (χ1n) is 17.3. The molecule has 1 aliphatic carbocycles. The standard InChI is InChI=1S/C35H56N4O5S/c1-2-3-7-14-27(40)21-19-26-20-22-30(41)28(26)15-8-4-5-9-17-32(42)36-23-12-6-13-24-37-33(43)18-11-10-16-31-34-29(25-45-31)38-35(44)39-34/h4,8,19-22,26-29,31,34,40H,2-3,5-7,9-18,23-25H2,1H3,(H,36,42)(H,37,43)(H2,38,39,44)/b8-4-,21-19+/t26-,27-,28-,29-,31+,34-/m0/s1. The average molecular weight is 645 g/mol. The predicted molar refractivity (Wildman–Crippen MR) is 182 cm³/mol. The fourth-order valence-electron chi connectivity index (χ4n) is 6.16. The third-order valence-corrected chi connectivity index (χ3v) is 10.4. The first-order valence-corrected chi connectivity index (χ1v) is 18.4. The maximum atomic E-state index is 12.3. The molecular formula is C35H56N4O5S. The van der Waals surface area contributed by atoms with Gasteiger partial charge >= 0.3 is 6.03 Å². The van der Waals surface area contributed by atoms with E-state index >= 15 is 0 Å². The number of amides is 4. The van der Waals surface area contributed by atoms with Crippen LogP contribution in [0.15, 0.2) is 36.5 Å². The molecule has 0 aromatic carbocycles. The number of carbonyl (C=O) groups is 4. The Balaban J connectivity index is 1.11.